The fraction of sp³-hybridized carbons (Fsp3) is 0.769. The maximum atomic E-state index is 11.4. The molecule has 92 valence electrons. The fourth-order valence-electron chi connectivity index (χ4n) is 1.55. The van der Waals surface area contributed by atoms with Gasteiger partial charge in [-0.25, -0.2) is 0 Å². The van der Waals surface area contributed by atoms with Crippen molar-refractivity contribution in [3.05, 3.63) is 12.2 Å². The van der Waals surface area contributed by atoms with Gasteiger partial charge in [0.25, 0.3) is 0 Å². The quantitative estimate of drug-likeness (QED) is 0.420. The molecule has 0 N–H and O–H groups in total. The van der Waals surface area contributed by atoms with Crippen LogP contribution in [0, 0.1) is 5.41 Å². The van der Waals surface area contributed by atoms with E-state index in [1.807, 2.05) is 20.8 Å². The third kappa shape index (κ3) is 4.35. The van der Waals surface area contributed by atoms with Gasteiger partial charge in [0.05, 0.1) is 24.7 Å². The molecule has 1 atom stereocenters. The van der Waals surface area contributed by atoms with E-state index in [1.54, 1.807) is 0 Å². The van der Waals surface area contributed by atoms with Crippen LogP contribution in [0.4, 0.5) is 0 Å². The molecule has 0 unspecified atom stereocenters. The third-order valence-corrected chi connectivity index (χ3v) is 2.56. The molecule has 0 amide bonds. The molecular weight excluding hydrogens is 204 g/mol. The summed E-state index contributed by atoms with van der Waals surface area (Å²) >= 11 is 0. The Bertz CT molecular complexity index is 263. The van der Waals surface area contributed by atoms with Crippen molar-refractivity contribution in [3.63, 3.8) is 0 Å². The van der Waals surface area contributed by atoms with Gasteiger partial charge in [0.1, 0.15) is 0 Å². The van der Waals surface area contributed by atoms with Crippen molar-refractivity contribution in [2.75, 3.05) is 13.2 Å². The number of rotatable bonds is 4. The van der Waals surface area contributed by atoms with Crippen LogP contribution in [-0.4, -0.2) is 25.3 Å². The molecule has 1 heterocycles. The van der Waals surface area contributed by atoms with Crippen LogP contribution in [0.1, 0.15) is 40.0 Å². The van der Waals surface area contributed by atoms with Crippen molar-refractivity contribution < 1.29 is 14.3 Å². The number of hydrogen-bond donors (Lipinski definition) is 0. The van der Waals surface area contributed by atoms with E-state index in [4.69, 9.17) is 9.47 Å². The smallest absolute Gasteiger partial charge is 0.311 e. The molecule has 0 spiro atoms. The van der Waals surface area contributed by atoms with Gasteiger partial charge < -0.3 is 9.47 Å². The second-order valence-corrected chi connectivity index (χ2v) is 5.42. The van der Waals surface area contributed by atoms with E-state index in [0.717, 1.165) is 24.8 Å². The maximum Gasteiger partial charge on any atom is 0.311 e. The number of hydrogen-bond acceptors (Lipinski definition) is 3. The molecule has 0 aromatic rings. The molecule has 1 saturated heterocycles. The first-order valence-electron chi connectivity index (χ1n) is 5.85. The lowest BCUT2D eigenvalue weighted by molar-refractivity contribution is -0.153. The van der Waals surface area contributed by atoms with Gasteiger partial charge >= 0.3 is 5.97 Å². The van der Waals surface area contributed by atoms with Gasteiger partial charge in [-0.3, -0.25) is 4.79 Å². The lowest BCUT2D eigenvalue weighted by Gasteiger charge is -2.16. The van der Waals surface area contributed by atoms with Crippen LogP contribution in [0.15, 0.2) is 12.2 Å². The van der Waals surface area contributed by atoms with Gasteiger partial charge in [-0.2, -0.15) is 0 Å². The van der Waals surface area contributed by atoms with Crippen LogP contribution in [0.3, 0.4) is 0 Å². The van der Waals surface area contributed by atoms with Gasteiger partial charge in [-0.15, -0.1) is 0 Å². The highest BCUT2D eigenvalue weighted by atomic mass is 16.5. The molecule has 16 heavy (non-hydrogen) atoms. The van der Waals surface area contributed by atoms with Crippen LogP contribution in [0.25, 0.3) is 0 Å². The topological polar surface area (TPSA) is 35.5 Å². The van der Waals surface area contributed by atoms with Gasteiger partial charge in [-0.1, -0.05) is 6.58 Å². The predicted molar refractivity (Wildman–Crippen MR) is 63.1 cm³/mol. The van der Waals surface area contributed by atoms with E-state index in [-0.39, 0.29) is 12.1 Å². The summed E-state index contributed by atoms with van der Waals surface area (Å²) in [4.78, 5) is 11.4. The Morgan fingerprint density at radius 3 is 2.75 bits per heavy atom. The first-order valence-corrected chi connectivity index (χ1v) is 5.85. The molecule has 3 heteroatoms. The Hall–Kier alpha value is -0.830. The lowest BCUT2D eigenvalue weighted by Crippen LogP contribution is -2.23. The summed E-state index contributed by atoms with van der Waals surface area (Å²) in [6.07, 6.45) is 3.03. The summed E-state index contributed by atoms with van der Waals surface area (Å²) in [5, 5.41) is 0. The van der Waals surface area contributed by atoms with Crippen LogP contribution in [0.5, 0.6) is 0 Å². The summed E-state index contributed by atoms with van der Waals surface area (Å²) in [7, 11) is 0. The average molecular weight is 226 g/mol. The zero-order chi connectivity index (χ0) is 12.2. The Morgan fingerprint density at radius 1 is 1.56 bits per heavy atom. The summed E-state index contributed by atoms with van der Waals surface area (Å²) < 4.78 is 10.7. The van der Waals surface area contributed by atoms with Crippen LogP contribution < -0.4 is 0 Å². The molecule has 0 aromatic heterocycles. The number of ether oxygens (including phenoxy) is 2. The van der Waals surface area contributed by atoms with Gasteiger partial charge in [0.2, 0.25) is 0 Å². The molecule has 1 rings (SSSR count). The highest BCUT2D eigenvalue weighted by molar-refractivity contribution is 5.75. The van der Waals surface area contributed by atoms with Crippen molar-refractivity contribution >= 4 is 5.97 Å². The molecule has 1 aliphatic heterocycles. The van der Waals surface area contributed by atoms with Crippen molar-refractivity contribution in [1.29, 1.82) is 0 Å². The maximum absolute atomic E-state index is 11.4. The van der Waals surface area contributed by atoms with Gasteiger partial charge in [0.15, 0.2) is 0 Å². The zero-order valence-corrected chi connectivity index (χ0v) is 10.5. The minimum absolute atomic E-state index is 0.135. The van der Waals surface area contributed by atoms with Crippen molar-refractivity contribution in [2.45, 2.75) is 46.1 Å². The molecule has 0 bridgehead atoms. The van der Waals surface area contributed by atoms with Crippen molar-refractivity contribution in [2.24, 2.45) is 5.41 Å². The molecule has 3 nitrogen and oxygen atoms in total. The minimum atomic E-state index is -0.405. The van der Waals surface area contributed by atoms with Crippen molar-refractivity contribution in [1.82, 2.24) is 0 Å². The number of esters is 1. The van der Waals surface area contributed by atoms with Gasteiger partial charge in [-0.05, 0) is 45.6 Å². The predicted octanol–water partition coefficient (Wildman–Crippen LogP) is 2.70. The first-order chi connectivity index (χ1) is 7.39. The van der Waals surface area contributed by atoms with E-state index in [0.29, 0.717) is 13.2 Å². The van der Waals surface area contributed by atoms with E-state index < -0.39 is 5.41 Å². The summed E-state index contributed by atoms with van der Waals surface area (Å²) in [6.45, 7) is 10.6. The Labute approximate surface area is 97.8 Å². The molecule has 0 saturated carbocycles. The number of carbonyl (C=O) groups excluding carboxylic acids is 1. The van der Waals surface area contributed by atoms with Crippen molar-refractivity contribution in [3.8, 4) is 0 Å². The molecule has 1 aliphatic rings. The highest BCUT2D eigenvalue weighted by Crippen LogP contribution is 2.21. The lowest BCUT2D eigenvalue weighted by atomic mass is 9.97. The Balaban J connectivity index is 2.08. The second kappa shape index (κ2) is 5.48. The second-order valence-electron chi connectivity index (χ2n) is 5.42. The Kier molecular flexibility index (Phi) is 4.54. The molecule has 1 fully saturated rings. The summed E-state index contributed by atoms with van der Waals surface area (Å²) in [5.41, 5.74) is 0.759. The standard InChI is InChI=1S/C13H22O3/c1-10-8-11(16-9-10)6-5-7-15-12(14)13(2,3)4/h11H,1,5-9H2,2-4H3/t11-/m0/s1. The van der Waals surface area contributed by atoms with E-state index in [1.165, 1.54) is 0 Å². The van der Waals surface area contributed by atoms with Gasteiger partial charge in [0, 0.05) is 0 Å². The monoisotopic (exact) mass is 226 g/mol. The average Bonchev–Trinajstić information content (AvgIpc) is 2.57. The van der Waals surface area contributed by atoms with Crippen LogP contribution in [0.2, 0.25) is 0 Å². The first kappa shape index (κ1) is 13.2. The Morgan fingerprint density at radius 2 is 2.25 bits per heavy atom. The largest absolute Gasteiger partial charge is 0.465 e. The minimum Gasteiger partial charge on any atom is -0.465 e. The molecular formula is C13H22O3. The molecule has 0 aromatic carbocycles. The SMILES string of the molecule is C=C1CO[C@@H](CCCOC(=O)C(C)(C)C)C1. The fourth-order valence-corrected chi connectivity index (χ4v) is 1.55. The van der Waals surface area contributed by atoms with E-state index in [9.17, 15) is 4.79 Å². The van der Waals surface area contributed by atoms with E-state index in [2.05, 4.69) is 6.58 Å². The van der Waals surface area contributed by atoms with Crippen LogP contribution in [-0.2, 0) is 14.3 Å². The van der Waals surface area contributed by atoms with E-state index >= 15 is 0 Å². The zero-order valence-electron chi connectivity index (χ0n) is 10.5. The number of carbonyl (C=O) groups is 1. The molecule has 0 radical (unpaired) electrons. The summed E-state index contributed by atoms with van der Waals surface area (Å²) in [6, 6.07) is 0. The molecule has 0 aliphatic carbocycles. The highest BCUT2D eigenvalue weighted by Gasteiger charge is 2.23. The summed E-state index contributed by atoms with van der Waals surface area (Å²) in [5.74, 6) is -0.135. The van der Waals surface area contributed by atoms with Crippen LogP contribution >= 0.6 is 0 Å². The third-order valence-electron chi connectivity index (χ3n) is 2.56. The normalized spacial score (nSPS) is 21.2.